The molecule has 1 radical (unpaired) electrons. The van der Waals surface area contributed by atoms with Crippen molar-refractivity contribution in [2.45, 2.75) is 58.0 Å². The minimum absolute atomic E-state index is 0. The van der Waals surface area contributed by atoms with Crippen LogP contribution in [0.5, 0.6) is 0 Å². The zero-order valence-electron chi connectivity index (χ0n) is 11.9. The van der Waals surface area contributed by atoms with E-state index in [2.05, 4.69) is 52.1 Å². The van der Waals surface area contributed by atoms with Gasteiger partial charge in [0.2, 0.25) is 0 Å². The van der Waals surface area contributed by atoms with Crippen LogP contribution in [0.3, 0.4) is 0 Å². The molecule has 1 rings (SSSR count). The van der Waals surface area contributed by atoms with Crippen molar-refractivity contribution in [1.29, 1.82) is 0 Å². The maximum atomic E-state index is 6.13. The molecule has 18 heavy (non-hydrogen) atoms. The van der Waals surface area contributed by atoms with Gasteiger partial charge < -0.3 is 29.6 Å². The van der Waals surface area contributed by atoms with E-state index in [0.717, 1.165) is 12.8 Å². The first-order chi connectivity index (χ1) is 6.88. The minimum Gasteiger partial charge on any atom is -1.00 e. The first-order valence-electron chi connectivity index (χ1n) is 5.82. The van der Waals surface area contributed by atoms with Crippen LogP contribution in [0.1, 0.15) is 33.6 Å². The van der Waals surface area contributed by atoms with Crippen LogP contribution in [0.15, 0.2) is 17.7 Å². The average Bonchev–Trinajstić information content (AvgIpc) is 2.52. The molecule has 0 heterocycles. The van der Waals surface area contributed by atoms with E-state index in [1.807, 2.05) is 0 Å². The van der Waals surface area contributed by atoms with E-state index >= 15 is 0 Å². The Balaban J connectivity index is -0.000000750. The smallest absolute Gasteiger partial charge is 1.00 e. The molecule has 0 aromatic rings. The second-order valence-electron chi connectivity index (χ2n) is 5.53. The molecule has 1 nitrogen and oxygen atoms in total. The molecule has 0 amide bonds. The van der Waals surface area contributed by atoms with Crippen molar-refractivity contribution in [2.24, 2.45) is 0 Å². The maximum absolute atomic E-state index is 6.13. The van der Waals surface area contributed by atoms with E-state index in [1.165, 1.54) is 5.57 Å². The third-order valence-corrected chi connectivity index (χ3v) is 4.29. The van der Waals surface area contributed by atoms with E-state index in [1.54, 1.807) is 0 Å². The van der Waals surface area contributed by atoms with Crippen molar-refractivity contribution in [3.8, 4) is 0 Å². The monoisotopic (exact) mass is 341 g/mol. The molecule has 1 aliphatic carbocycles. The van der Waals surface area contributed by atoms with Crippen molar-refractivity contribution in [3.05, 3.63) is 23.8 Å². The predicted molar refractivity (Wildman–Crippen MR) is 68.6 cm³/mol. The molecule has 1 aliphatic rings. The van der Waals surface area contributed by atoms with Crippen LogP contribution in [0, 0.1) is 6.08 Å². The van der Waals surface area contributed by atoms with Gasteiger partial charge in [-0.25, -0.2) is 11.6 Å². The van der Waals surface area contributed by atoms with Gasteiger partial charge in [0.15, 0.2) is 0 Å². The minimum atomic E-state index is -0.758. The number of ether oxygens (including phenoxy) is 1. The summed E-state index contributed by atoms with van der Waals surface area (Å²) in [4.78, 5) is 0. The molecule has 103 valence electrons. The maximum Gasteiger partial charge on any atom is 3.00 e. The van der Waals surface area contributed by atoms with Crippen LogP contribution < -0.4 is 24.8 Å². The fraction of sp³-hybridized carbons (Fsp3) is 0.692. The third kappa shape index (κ3) is 9.83. The summed E-state index contributed by atoms with van der Waals surface area (Å²) in [5, 5.41) is 0. The summed E-state index contributed by atoms with van der Waals surface area (Å²) in [6, 6.07) is 0. The van der Waals surface area contributed by atoms with Gasteiger partial charge in [-0.15, -0.1) is 6.42 Å². The van der Waals surface area contributed by atoms with Crippen molar-refractivity contribution in [2.75, 3.05) is 0 Å². The topological polar surface area (TPSA) is 9.23 Å². The summed E-state index contributed by atoms with van der Waals surface area (Å²) in [5.74, 6) is 0. The van der Waals surface area contributed by atoms with E-state index in [0.29, 0.717) is 5.73 Å². The van der Waals surface area contributed by atoms with E-state index in [4.69, 9.17) is 4.74 Å². The van der Waals surface area contributed by atoms with E-state index in [9.17, 15) is 0 Å². The Morgan fingerprint density at radius 3 is 2.22 bits per heavy atom. The molecule has 0 N–H and O–H groups in total. The summed E-state index contributed by atoms with van der Waals surface area (Å²) in [5.41, 5.74) is 1.76. The largest absolute Gasteiger partial charge is 3.00 e. The second kappa shape index (κ2) is 10.7. The van der Waals surface area contributed by atoms with Crippen LogP contribution in [0.25, 0.3) is 0 Å². The second-order valence-corrected chi connectivity index (χ2v) is 8.76. The van der Waals surface area contributed by atoms with Gasteiger partial charge >= 0.3 is 21.7 Å². The van der Waals surface area contributed by atoms with Crippen molar-refractivity contribution >= 4 is 8.80 Å². The number of rotatable bonds is 4. The van der Waals surface area contributed by atoms with Gasteiger partial charge in [0.05, 0.1) is 14.4 Å². The van der Waals surface area contributed by atoms with E-state index < -0.39 is 8.80 Å². The van der Waals surface area contributed by atoms with Crippen LogP contribution in [-0.2, 0) is 26.5 Å². The molecule has 0 bridgehead atoms. The summed E-state index contributed by atoms with van der Waals surface area (Å²) in [6.45, 7) is 11.1. The zero-order valence-corrected chi connectivity index (χ0v) is 16.1. The fourth-order valence-corrected chi connectivity index (χ4v) is 3.08. The Morgan fingerprint density at radius 2 is 1.89 bits per heavy atom. The number of allylic oxidation sites excluding steroid dienone is 3. The Bertz CT molecular complexity index is 273. The molecule has 0 saturated carbocycles. The van der Waals surface area contributed by atoms with Gasteiger partial charge in [0, 0.05) is 5.73 Å². The summed E-state index contributed by atoms with van der Waals surface area (Å²) >= 11 is 0. The van der Waals surface area contributed by atoms with Crippen molar-refractivity contribution in [3.63, 3.8) is 0 Å². The van der Waals surface area contributed by atoms with Crippen molar-refractivity contribution in [1.82, 2.24) is 0 Å². The number of halogens is 2. The molecule has 0 saturated heterocycles. The average molecular weight is 342 g/mol. The first-order valence-corrected chi connectivity index (χ1v) is 8.80. The Hall–Kier alpha value is 0.951. The van der Waals surface area contributed by atoms with Gasteiger partial charge in [0.1, 0.15) is 0 Å². The first kappa shape index (κ1) is 24.0. The number of hydrogen-bond donors (Lipinski definition) is 0. The van der Waals surface area contributed by atoms with Crippen LogP contribution in [-0.4, -0.2) is 20.1 Å². The quantitative estimate of drug-likeness (QED) is 0.399. The standard InChI is InChI=1S/C13H23OSi.2ClH.Ti/c1-13(2,3)14-12(15(4)5)10-11-8-6-7-9-11;;;/h6,8,12,15H,7,10H2,1-5H3;2*1H;/q-1;;;+3/p-2. The van der Waals surface area contributed by atoms with Crippen LogP contribution in [0.4, 0.5) is 0 Å². The summed E-state index contributed by atoms with van der Waals surface area (Å²) in [6.07, 6.45) is 9.77. The SMILES string of the molecule is C[SiH](C)C(CC1=[C-]CC=C1)OC(C)(C)C.[Cl-].[Cl-].[Ti+3]. The van der Waals surface area contributed by atoms with E-state index in [-0.39, 0.29) is 52.1 Å². The van der Waals surface area contributed by atoms with Gasteiger partial charge in [-0.05, 0) is 27.2 Å². The fourth-order valence-electron chi connectivity index (χ4n) is 1.67. The summed E-state index contributed by atoms with van der Waals surface area (Å²) in [7, 11) is -0.758. The van der Waals surface area contributed by atoms with Gasteiger partial charge in [-0.1, -0.05) is 13.1 Å². The predicted octanol–water partition coefficient (Wildman–Crippen LogP) is -2.72. The molecular formula is C13H23Cl2OSiTi. The normalized spacial score (nSPS) is 15.3. The molecule has 0 aromatic carbocycles. The van der Waals surface area contributed by atoms with Crippen molar-refractivity contribution < 1.29 is 51.3 Å². The molecule has 0 spiro atoms. The van der Waals surface area contributed by atoms with Crippen LogP contribution >= 0.6 is 0 Å². The Kier molecular flexibility index (Phi) is 14.3. The molecular weight excluding hydrogens is 319 g/mol. The van der Waals surface area contributed by atoms with Gasteiger partial charge in [0.25, 0.3) is 0 Å². The molecule has 1 unspecified atom stereocenters. The zero-order chi connectivity index (χ0) is 11.5. The Labute approximate surface area is 141 Å². The third-order valence-electron chi connectivity index (χ3n) is 2.44. The molecule has 0 fully saturated rings. The van der Waals surface area contributed by atoms with Gasteiger partial charge in [-0.2, -0.15) is 6.08 Å². The molecule has 5 heteroatoms. The van der Waals surface area contributed by atoms with Gasteiger partial charge in [-0.3, -0.25) is 6.08 Å². The molecule has 0 aliphatic heterocycles. The molecule has 0 aromatic heterocycles. The number of hydrogen-bond acceptors (Lipinski definition) is 1. The van der Waals surface area contributed by atoms with Crippen LogP contribution in [0.2, 0.25) is 13.1 Å². The molecule has 1 atom stereocenters. The Morgan fingerprint density at radius 1 is 1.33 bits per heavy atom. The summed E-state index contributed by atoms with van der Waals surface area (Å²) < 4.78 is 6.13.